The molecule has 0 unspecified atom stereocenters. The molecule has 0 radical (unpaired) electrons. The summed E-state index contributed by atoms with van der Waals surface area (Å²) in [6.07, 6.45) is 4.17. The zero-order valence-electron chi connectivity index (χ0n) is 7.86. The van der Waals surface area contributed by atoms with E-state index in [-0.39, 0.29) is 0 Å². The number of hydrogen-bond acceptors (Lipinski definition) is 2. The van der Waals surface area contributed by atoms with Gasteiger partial charge in [0.1, 0.15) is 6.29 Å². The molecule has 0 N–H and O–H groups in total. The number of benzene rings is 1. The molecule has 0 atom stereocenters. The maximum absolute atomic E-state index is 10.2. The van der Waals surface area contributed by atoms with E-state index < -0.39 is 0 Å². The number of allylic oxidation sites excluding steroid dienone is 1. The van der Waals surface area contributed by atoms with Crippen molar-refractivity contribution in [3.8, 4) is 0 Å². The van der Waals surface area contributed by atoms with Gasteiger partial charge < -0.3 is 0 Å². The van der Waals surface area contributed by atoms with Crippen molar-refractivity contribution in [2.75, 3.05) is 0 Å². The molecular weight excluding hydrogens is 192 g/mol. The van der Waals surface area contributed by atoms with Crippen molar-refractivity contribution >= 4 is 33.8 Å². The minimum absolute atomic E-state index is 0.803. The summed E-state index contributed by atoms with van der Waals surface area (Å²) in [5, 5.41) is 1.25. The first-order valence-corrected chi connectivity index (χ1v) is 5.24. The summed E-state index contributed by atoms with van der Waals surface area (Å²) in [4.78, 5) is 11.3. The lowest BCUT2D eigenvalue weighted by molar-refractivity contribution is -0.104. The molecule has 0 fully saturated rings. The molecule has 14 heavy (non-hydrogen) atoms. The Kier molecular flexibility index (Phi) is 2.46. The van der Waals surface area contributed by atoms with Gasteiger partial charge in [0.15, 0.2) is 0 Å². The van der Waals surface area contributed by atoms with E-state index in [1.807, 2.05) is 6.08 Å². The van der Waals surface area contributed by atoms with E-state index in [0.717, 1.165) is 11.2 Å². The monoisotopic (exact) mass is 202 g/mol. The number of aldehydes is 1. The number of fused-ring (bicyclic) bond motifs is 1. The van der Waals surface area contributed by atoms with Crippen LogP contribution < -0.4 is 0 Å². The topological polar surface area (TPSA) is 17.1 Å². The molecule has 0 aliphatic carbocycles. The van der Waals surface area contributed by atoms with Crippen LogP contribution in [0, 0.1) is 6.92 Å². The standard InChI is InChI=1S/C12H10OS/c1-9-4-2-5-10-8-11(6-3-7-13)14-12(9)10/h2-8H,1H3/b6-3+. The van der Waals surface area contributed by atoms with Gasteiger partial charge in [-0.2, -0.15) is 0 Å². The summed E-state index contributed by atoms with van der Waals surface area (Å²) < 4.78 is 1.30. The first kappa shape index (κ1) is 9.16. The van der Waals surface area contributed by atoms with E-state index in [1.54, 1.807) is 11.3 Å². The lowest BCUT2D eigenvalue weighted by Gasteiger charge is -1.91. The minimum Gasteiger partial charge on any atom is -0.299 e. The summed E-state index contributed by atoms with van der Waals surface area (Å²) in [5.41, 5.74) is 1.29. The molecule has 70 valence electrons. The molecule has 0 bridgehead atoms. The third kappa shape index (κ3) is 1.61. The molecule has 0 aliphatic heterocycles. The van der Waals surface area contributed by atoms with Gasteiger partial charge in [0.05, 0.1) is 0 Å². The molecule has 2 aromatic rings. The van der Waals surface area contributed by atoms with Crippen molar-refractivity contribution in [3.63, 3.8) is 0 Å². The summed E-state index contributed by atoms with van der Waals surface area (Å²) in [6, 6.07) is 8.35. The first-order valence-electron chi connectivity index (χ1n) is 4.42. The van der Waals surface area contributed by atoms with E-state index in [0.29, 0.717) is 0 Å². The third-order valence-electron chi connectivity index (χ3n) is 2.10. The highest BCUT2D eigenvalue weighted by atomic mass is 32.1. The van der Waals surface area contributed by atoms with Gasteiger partial charge in [-0.25, -0.2) is 0 Å². The van der Waals surface area contributed by atoms with Crippen LogP contribution in [0.3, 0.4) is 0 Å². The first-order chi connectivity index (χ1) is 6.81. The SMILES string of the molecule is Cc1cccc2cc(/C=C/C=O)sc12. The van der Waals surface area contributed by atoms with E-state index in [9.17, 15) is 4.79 Å². The smallest absolute Gasteiger partial charge is 0.142 e. The van der Waals surface area contributed by atoms with Gasteiger partial charge in [-0.3, -0.25) is 4.79 Å². The molecule has 1 aromatic carbocycles. The third-order valence-corrected chi connectivity index (χ3v) is 3.35. The van der Waals surface area contributed by atoms with E-state index in [4.69, 9.17) is 0 Å². The highest BCUT2D eigenvalue weighted by molar-refractivity contribution is 7.20. The Hall–Kier alpha value is -1.41. The summed E-state index contributed by atoms with van der Waals surface area (Å²) in [5.74, 6) is 0. The quantitative estimate of drug-likeness (QED) is 0.538. The molecule has 0 saturated carbocycles. The van der Waals surface area contributed by atoms with Gasteiger partial charge in [-0.1, -0.05) is 18.2 Å². The predicted molar refractivity (Wildman–Crippen MR) is 61.7 cm³/mol. The van der Waals surface area contributed by atoms with Crippen molar-refractivity contribution in [2.24, 2.45) is 0 Å². The Labute approximate surface area is 86.7 Å². The molecule has 2 heteroatoms. The van der Waals surface area contributed by atoms with Gasteiger partial charge in [0.2, 0.25) is 0 Å². The molecule has 1 aromatic heterocycles. The van der Waals surface area contributed by atoms with Crippen molar-refractivity contribution < 1.29 is 4.79 Å². The fourth-order valence-electron chi connectivity index (χ4n) is 1.45. The summed E-state index contributed by atoms with van der Waals surface area (Å²) >= 11 is 1.72. The Balaban J connectivity index is 2.56. The normalized spacial score (nSPS) is 11.2. The number of rotatable bonds is 2. The Morgan fingerprint density at radius 2 is 2.21 bits per heavy atom. The summed E-state index contributed by atoms with van der Waals surface area (Å²) in [6.45, 7) is 2.10. The number of carbonyl (C=O) groups is 1. The van der Waals surface area contributed by atoms with Gasteiger partial charge in [0, 0.05) is 9.58 Å². The highest BCUT2D eigenvalue weighted by Gasteiger charge is 2.00. The van der Waals surface area contributed by atoms with Gasteiger partial charge in [0.25, 0.3) is 0 Å². The van der Waals surface area contributed by atoms with E-state index >= 15 is 0 Å². The zero-order valence-corrected chi connectivity index (χ0v) is 8.67. The lowest BCUT2D eigenvalue weighted by atomic mass is 10.2. The largest absolute Gasteiger partial charge is 0.299 e. The van der Waals surface area contributed by atoms with Crippen LogP contribution >= 0.6 is 11.3 Å². The van der Waals surface area contributed by atoms with Crippen molar-refractivity contribution in [3.05, 3.63) is 40.8 Å². The molecule has 2 rings (SSSR count). The average molecular weight is 202 g/mol. The Bertz CT molecular complexity index is 494. The number of aryl methyl sites for hydroxylation is 1. The highest BCUT2D eigenvalue weighted by Crippen LogP contribution is 2.28. The molecule has 1 heterocycles. The maximum atomic E-state index is 10.2. The van der Waals surface area contributed by atoms with Crippen molar-refractivity contribution in [2.45, 2.75) is 6.92 Å². The molecule has 0 aliphatic rings. The Morgan fingerprint density at radius 3 is 2.93 bits per heavy atom. The van der Waals surface area contributed by atoms with Gasteiger partial charge in [-0.05, 0) is 36.1 Å². The number of hydrogen-bond donors (Lipinski definition) is 0. The van der Waals surface area contributed by atoms with E-state index in [2.05, 4.69) is 31.2 Å². The van der Waals surface area contributed by atoms with Crippen LogP contribution in [-0.4, -0.2) is 6.29 Å². The second-order valence-corrected chi connectivity index (χ2v) is 4.22. The number of thiophene rings is 1. The van der Waals surface area contributed by atoms with Gasteiger partial charge in [-0.15, -0.1) is 11.3 Å². The van der Waals surface area contributed by atoms with Crippen LogP contribution in [0.1, 0.15) is 10.4 Å². The van der Waals surface area contributed by atoms with Crippen LogP contribution in [0.2, 0.25) is 0 Å². The molecule has 0 amide bonds. The van der Waals surface area contributed by atoms with Gasteiger partial charge >= 0.3 is 0 Å². The molecule has 0 spiro atoms. The van der Waals surface area contributed by atoms with Crippen molar-refractivity contribution in [1.29, 1.82) is 0 Å². The second kappa shape index (κ2) is 3.76. The predicted octanol–water partition coefficient (Wildman–Crippen LogP) is 3.42. The second-order valence-electron chi connectivity index (χ2n) is 3.14. The van der Waals surface area contributed by atoms with Crippen LogP contribution in [0.15, 0.2) is 30.3 Å². The summed E-state index contributed by atoms with van der Waals surface area (Å²) in [7, 11) is 0. The van der Waals surface area contributed by atoms with Crippen molar-refractivity contribution in [1.82, 2.24) is 0 Å². The molecule has 0 saturated heterocycles. The van der Waals surface area contributed by atoms with Crippen LogP contribution in [0.5, 0.6) is 0 Å². The Morgan fingerprint density at radius 1 is 1.36 bits per heavy atom. The fourth-order valence-corrected chi connectivity index (χ4v) is 2.49. The van der Waals surface area contributed by atoms with Crippen LogP contribution in [0.25, 0.3) is 16.2 Å². The van der Waals surface area contributed by atoms with Crippen LogP contribution in [-0.2, 0) is 4.79 Å². The maximum Gasteiger partial charge on any atom is 0.142 e. The lowest BCUT2D eigenvalue weighted by Crippen LogP contribution is -1.68. The fraction of sp³-hybridized carbons (Fsp3) is 0.0833. The van der Waals surface area contributed by atoms with Crippen LogP contribution in [0.4, 0.5) is 0 Å². The average Bonchev–Trinajstić information content (AvgIpc) is 2.59. The minimum atomic E-state index is 0.803. The zero-order chi connectivity index (χ0) is 9.97. The molecule has 1 nitrogen and oxygen atoms in total. The number of carbonyl (C=O) groups excluding carboxylic acids is 1. The van der Waals surface area contributed by atoms with E-state index in [1.165, 1.54) is 21.7 Å². The molecular formula is C12H10OS.